The summed E-state index contributed by atoms with van der Waals surface area (Å²) < 4.78 is 51.4. The lowest BCUT2D eigenvalue weighted by atomic mass is 9.92. The Morgan fingerprint density at radius 1 is 1.00 bits per heavy atom. The molecule has 16 heavy (non-hydrogen) atoms. The minimum atomic E-state index is -4.89. The van der Waals surface area contributed by atoms with Gasteiger partial charge < -0.3 is 5.73 Å². The van der Waals surface area contributed by atoms with Crippen LogP contribution in [0.3, 0.4) is 0 Å². The minimum Gasteiger partial charge on any atom is -0.330 e. The Balaban J connectivity index is 2.88. The number of halogens is 4. The summed E-state index contributed by atoms with van der Waals surface area (Å²) in [5.41, 5.74) is 2.11. The Labute approximate surface area is 91.3 Å². The predicted molar refractivity (Wildman–Crippen MR) is 53.7 cm³/mol. The zero-order valence-electron chi connectivity index (χ0n) is 8.60. The van der Waals surface area contributed by atoms with E-state index in [9.17, 15) is 17.6 Å². The van der Waals surface area contributed by atoms with Gasteiger partial charge >= 0.3 is 6.18 Å². The van der Waals surface area contributed by atoms with Crippen molar-refractivity contribution < 1.29 is 17.6 Å². The summed E-state index contributed by atoms with van der Waals surface area (Å²) in [6.07, 6.45) is -6.29. The van der Waals surface area contributed by atoms with E-state index in [1.165, 1.54) is 12.1 Å². The largest absolute Gasteiger partial charge is 0.422 e. The fourth-order valence-electron chi connectivity index (χ4n) is 1.48. The van der Waals surface area contributed by atoms with Gasteiger partial charge in [0, 0.05) is 12.8 Å². The van der Waals surface area contributed by atoms with Crippen LogP contribution in [0.4, 0.5) is 17.6 Å². The first-order chi connectivity index (χ1) is 7.39. The molecule has 1 aromatic carbocycles. The maximum atomic E-state index is 13.8. The van der Waals surface area contributed by atoms with Crippen LogP contribution in [0.15, 0.2) is 30.3 Å². The summed E-state index contributed by atoms with van der Waals surface area (Å²) in [5, 5.41) is 0. The molecule has 1 unspecified atom stereocenters. The van der Waals surface area contributed by atoms with Gasteiger partial charge in [0.15, 0.2) is 0 Å². The Kier molecular flexibility index (Phi) is 3.91. The molecule has 0 aliphatic rings. The van der Waals surface area contributed by atoms with Crippen molar-refractivity contribution >= 4 is 0 Å². The molecule has 5 heteroatoms. The van der Waals surface area contributed by atoms with E-state index < -0.39 is 24.7 Å². The maximum absolute atomic E-state index is 13.8. The molecule has 0 fully saturated rings. The van der Waals surface area contributed by atoms with Crippen molar-refractivity contribution in [2.45, 2.75) is 24.7 Å². The molecule has 1 atom stereocenters. The van der Waals surface area contributed by atoms with Crippen molar-refractivity contribution in [3.05, 3.63) is 35.9 Å². The van der Waals surface area contributed by atoms with Crippen molar-refractivity contribution in [3.8, 4) is 0 Å². The summed E-state index contributed by atoms with van der Waals surface area (Å²) in [5.74, 6) is 0. The van der Waals surface area contributed by atoms with Gasteiger partial charge in [0.1, 0.15) is 0 Å². The van der Waals surface area contributed by atoms with Crippen LogP contribution in [0, 0.1) is 0 Å². The summed E-state index contributed by atoms with van der Waals surface area (Å²) in [7, 11) is 0. The molecule has 0 saturated heterocycles. The summed E-state index contributed by atoms with van der Waals surface area (Å²) in [6.45, 7) is -0.331. The Hall–Kier alpha value is -1.10. The highest BCUT2D eigenvalue weighted by atomic mass is 19.4. The lowest BCUT2D eigenvalue weighted by Crippen LogP contribution is -2.44. The molecule has 2 N–H and O–H groups in total. The molecule has 1 nitrogen and oxygen atoms in total. The van der Waals surface area contributed by atoms with Gasteiger partial charge in [-0.1, -0.05) is 30.3 Å². The molecule has 1 rings (SSSR count). The molecule has 90 valence electrons. The fourth-order valence-corrected chi connectivity index (χ4v) is 1.48. The number of benzene rings is 1. The third kappa shape index (κ3) is 2.95. The second-order valence-corrected chi connectivity index (χ2v) is 3.66. The van der Waals surface area contributed by atoms with E-state index in [1.54, 1.807) is 18.2 Å². The SMILES string of the molecule is NCCC(F)(Cc1ccccc1)C(F)(F)F. The topological polar surface area (TPSA) is 26.0 Å². The molecule has 0 radical (unpaired) electrons. The highest BCUT2D eigenvalue weighted by Crippen LogP contribution is 2.39. The van der Waals surface area contributed by atoms with Crippen LogP contribution in [-0.4, -0.2) is 18.4 Å². The highest BCUT2D eigenvalue weighted by molar-refractivity contribution is 5.18. The summed E-state index contributed by atoms with van der Waals surface area (Å²) >= 11 is 0. The molecular weight excluding hydrogens is 222 g/mol. The average molecular weight is 235 g/mol. The zero-order chi connectivity index (χ0) is 12.2. The van der Waals surface area contributed by atoms with E-state index in [4.69, 9.17) is 5.73 Å². The van der Waals surface area contributed by atoms with Crippen LogP contribution in [0.1, 0.15) is 12.0 Å². The molecule has 0 aliphatic heterocycles. The number of alkyl halides is 4. The second kappa shape index (κ2) is 4.82. The molecule has 0 aromatic heterocycles. The normalized spacial score (nSPS) is 15.8. The molecule has 1 aromatic rings. The van der Waals surface area contributed by atoms with Crippen molar-refractivity contribution in [3.63, 3.8) is 0 Å². The smallest absolute Gasteiger partial charge is 0.330 e. The van der Waals surface area contributed by atoms with E-state index in [2.05, 4.69) is 0 Å². The Morgan fingerprint density at radius 3 is 2.00 bits per heavy atom. The van der Waals surface area contributed by atoms with Gasteiger partial charge in [0.05, 0.1) is 0 Å². The number of rotatable bonds is 4. The van der Waals surface area contributed by atoms with Crippen LogP contribution < -0.4 is 5.73 Å². The molecule has 0 spiro atoms. The standard InChI is InChI=1S/C11H13F4N/c12-10(6-7-16,11(13,14)15)8-9-4-2-1-3-5-9/h1-5H,6-8,16H2. The lowest BCUT2D eigenvalue weighted by molar-refractivity contribution is -0.231. The average Bonchev–Trinajstić information content (AvgIpc) is 2.17. The molecule has 0 heterocycles. The molecule has 0 amide bonds. The monoisotopic (exact) mass is 235 g/mol. The van der Waals surface area contributed by atoms with Crippen LogP contribution in [0.25, 0.3) is 0 Å². The second-order valence-electron chi connectivity index (χ2n) is 3.66. The van der Waals surface area contributed by atoms with Crippen molar-refractivity contribution in [1.82, 2.24) is 0 Å². The Morgan fingerprint density at radius 2 is 1.56 bits per heavy atom. The van der Waals surface area contributed by atoms with E-state index in [0.717, 1.165) is 0 Å². The third-order valence-electron chi connectivity index (χ3n) is 2.38. The van der Waals surface area contributed by atoms with Gasteiger partial charge in [0.25, 0.3) is 0 Å². The first-order valence-electron chi connectivity index (χ1n) is 4.89. The first-order valence-corrected chi connectivity index (χ1v) is 4.89. The molecular formula is C11H13F4N. The van der Waals surface area contributed by atoms with Crippen LogP contribution >= 0.6 is 0 Å². The number of hydrogen-bond acceptors (Lipinski definition) is 1. The van der Waals surface area contributed by atoms with Gasteiger partial charge in [-0.05, 0) is 12.1 Å². The van der Waals surface area contributed by atoms with Crippen LogP contribution in [-0.2, 0) is 6.42 Å². The lowest BCUT2D eigenvalue weighted by Gasteiger charge is -2.27. The van der Waals surface area contributed by atoms with Crippen molar-refractivity contribution in [2.24, 2.45) is 5.73 Å². The Bertz CT molecular complexity index is 323. The molecule has 0 aliphatic carbocycles. The number of hydrogen-bond donors (Lipinski definition) is 1. The predicted octanol–water partition coefficient (Wildman–Crippen LogP) is 2.85. The van der Waals surface area contributed by atoms with Crippen LogP contribution in [0.2, 0.25) is 0 Å². The van der Waals surface area contributed by atoms with Gasteiger partial charge in [-0.25, -0.2) is 4.39 Å². The maximum Gasteiger partial charge on any atom is 0.422 e. The van der Waals surface area contributed by atoms with Crippen molar-refractivity contribution in [2.75, 3.05) is 6.54 Å². The fraction of sp³-hybridized carbons (Fsp3) is 0.455. The van der Waals surface area contributed by atoms with Gasteiger partial charge in [-0.2, -0.15) is 13.2 Å². The van der Waals surface area contributed by atoms with Gasteiger partial charge in [-0.3, -0.25) is 0 Å². The minimum absolute atomic E-state index is 0.316. The van der Waals surface area contributed by atoms with E-state index in [-0.39, 0.29) is 6.54 Å². The molecule has 0 saturated carbocycles. The molecule has 0 bridgehead atoms. The number of nitrogens with two attached hydrogens (primary N) is 1. The highest BCUT2D eigenvalue weighted by Gasteiger charge is 2.54. The quantitative estimate of drug-likeness (QED) is 0.798. The van der Waals surface area contributed by atoms with E-state index in [0.29, 0.717) is 5.56 Å². The summed E-state index contributed by atoms with van der Waals surface area (Å²) in [4.78, 5) is 0. The van der Waals surface area contributed by atoms with Crippen molar-refractivity contribution in [1.29, 1.82) is 0 Å². The van der Waals surface area contributed by atoms with Gasteiger partial charge in [0.2, 0.25) is 5.67 Å². The first kappa shape index (κ1) is 13.0. The summed E-state index contributed by atoms with van der Waals surface area (Å²) in [6, 6.07) is 7.76. The third-order valence-corrected chi connectivity index (χ3v) is 2.38. The van der Waals surface area contributed by atoms with E-state index in [1.807, 2.05) is 0 Å². The van der Waals surface area contributed by atoms with Crippen LogP contribution in [0.5, 0.6) is 0 Å². The van der Waals surface area contributed by atoms with Gasteiger partial charge in [-0.15, -0.1) is 0 Å². The van der Waals surface area contributed by atoms with E-state index >= 15 is 0 Å². The zero-order valence-corrected chi connectivity index (χ0v) is 8.60.